The van der Waals surface area contributed by atoms with Crippen LogP contribution in [0, 0.1) is 0 Å². The highest BCUT2D eigenvalue weighted by Gasteiger charge is 2.33. The molecule has 0 aliphatic heterocycles. The van der Waals surface area contributed by atoms with E-state index in [1.165, 1.54) is 24.3 Å². The normalized spacial score (nSPS) is 12.3. The second-order valence-corrected chi connectivity index (χ2v) is 8.00. The van der Waals surface area contributed by atoms with Gasteiger partial charge in [0.15, 0.2) is 0 Å². The second kappa shape index (κ2) is 7.86. The maximum absolute atomic E-state index is 13.4. The van der Waals surface area contributed by atoms with Crippen molar-refractivity contribution >= 4 is 21.8 Å². The molecule has 8 heteroatoms. The zero-order valence-electron chi connectivity index (χ0n) is 14.9. The van der Waals surface area contributed by atoms with E-state index in [0.717, 1.165) is 18.2 Å². The molecule has 7 nitrogen and oxygen atoms in total. The lowest BCUT2D eigenvalue weighted by Gasteiger charge is -2.19. The molecule has 29 heavy (non-hydrogen) atoms. The summed E-state index contributed by atoms with van der Waals surface area (Å²) in [4.78, 5) is 22.1. The van der Waals surface area contributed by atoms with Crippen LogP contribution in [0.3, 0.4) is 0 Å². The molecule has 0 radical (unpaired) electrons. The Morgan fingerprint density at radius 1 is 0.724 bits per heavy atom. The highest BCUT2D eigenvalue weighted by Crippen LogP contribution is 2.35. The summed E-state index contributed by atoms with van der Waals surface area (Å²) >= 11 is 0. The SMILES string of the molecule is O=C(O)c1ccccc1S(=O)(=O)c1c(C(=O)O)cccc1C(O)c1ccccc1. The van der Waals surface area contributed by atoms with Crippen LogP contribution in [-0.4, -0.2) is 35.7 Å². The molecule has 0 aliphatic carbocycles. The summed E-state index contributed by atoms with van der Waals surface area (Å²) in [5.74, 6) is -2.99. The van der Waals surface area contributed by atoms with Crippen LogP contribution in [-0.2, 0) is 9.84 Å². The number of hydrogen-bond acceptors (Lipinski definition) is 5. The summed E-state index contributed by atoms with van der Waals surface area (Å²) in [5, 5.41) is 29.7. The summed E-state index contributed by atoms with van der Waals surface area (Å²) in [6.45, 7) is 0. The lowest BCUT2D eigenvalue weighted by molar-refractivity contribution is 0.0683. The minimum absolute atomic E-state index is 0.156. The van der Waals surface area contributed by atoms with Crippen molar-refractivity contribution < 1.29 is 33.3 Å². The van der Waals surface area contributed by atoms with Crippen LogP contribution >= 0.6 is 0 Å². The van der Waals surface area contributed by atoms with Crippen molar-refractivity contribution in [3.05, 3.63) is 95.1 Å². The van der Waals surface area contributed by atoms with E-state index in [0.29, 0.717) is 5.56 Å². The van der Waals surface area contributed by atoms with E-state index < -0.39 is 48.8 Å². The van der Waals surface area contributed by atoms with Gasteiger partial charge in [-0.3, -0.25) is 0 Å². The van der Waals surface area contributed by atoms with Gasteiger partial charge in [0.1, 0.15) is 6.10 Å². The van der Waals surface area contributed by atoms with E-state index in [-0.39, 0.29) is 5.56 Å². The van der Waals surface area contributed by atoms with Gasteiger partial charge in [-0.15, -0.1) is 0 Å². The van der Waals surface area contributed by atoms with Crippen molar-refractivity contribution in [2.45, 2.75) is 15.9 Å². The number of carboxylic acids is 2. The van der Waals surface area contributed by atoms with E-state index >= 15 is 0 Å². The van der Waals surface area contributed by atoms with E-state index in [1.807, 2.05) is 0 Å². The first-order chi connectivity index (χ1) is 13.7. The molecule has 0 amide bonds. The Hall–Kier alpha value is -3.49. The summed E-state index contributed by atoms with van der Waals surface area (Å²) in [7, 11) is -4.60. The number of hydrogen-bond donors (Lipinski definition) is 3. The maximum Gasteiger partial charge on any atom is 0.337 e. The molecule has 3 N–H and O–H groups in total. The van der Waals surface area contributed by atoms with Crippen molar-refractivity contribution in [3.63, 3.8) is 0 Å². The van der Waals surface area contributed by atoms with Crippen molar-refractivity contribution in [2.75, 3.05) is 0 Å². The minimum atomic E-state index is -4.60. The van der Waals surface area contributed by atoms with Crippen LogP contribution in [0.2, 0.25) is 0 Å². The number of rotatable bonds is 6. The number of aliphatic hydroxyl groups excluding tert-OH is 1. The van der Waals surface area contributed by atoms with Gasteiger partial charge in [0.25, 0.3) is 0 Å². The number of aromatic carboxylic acids is 2. The Morgan fingerprint density at radius 3 is 1.90 bits per heavy atom. The maximum atomic E-state index is 13.4. The molecule has 1 atom stereocenters. The summed E-state index contributed by atoms with van der Waals surface area (Å²) in [6, 6.07) is 16.8. The molecule has 0 fully saturated rings. The molecule has 0 aliphatic rings. The fourth-order valence-corrected chi connectivity index (χ4v) is 4.90. The smallest absolute Gasteiger partial charge is 0.337 e. The lowest BCUT2D eigenvalue weighted by atomic mass is 9.99. The molecule has 0 saturated heterocycles. The molecule has 1 unspecified atom stereocenters. The fraction of sp³-hybridized carbons (Fsp3) is 0.0476. The highest BCUT2D eigenvalue weighted by molar-refractivity contribution is 7.91. The Labute approximate surface area is 166 Å². The minimum Gasteiger partial charge on any atom is -0.478 e. The van der Waals surface area contributed by atoms with Crippen molar-refractivity contribution in [1.82, 2.24) is 0 Å². The van der Waals surface area contributed by atoms with Gasteiger partial charge in [0.2, 0.25) is 9.84 Å². The summed E-state index contributed by atoms with van der Waals surface area (Å²) in [6.07, 6.45) is -1.43. The molecule has 3 rings (SSSR count). The van der Waals surface area contributed by atoms with Crippen molar-refractivity contribution in [3.8, 4) is 0 Å². The predicted molar refractivity (Wildman–Crippen MR) is 103 cm³/mol. The number of carboxylic acid groups (broad SMARTS) is 2. The van der Waals surface area contributed by atoms with Crippen molar-refractivity contribution in [2.24, 2.45) is 0 Å². The Balaban J connectivity index is 2.34. The molecule has 0 spiro atoms. The van der Waals surface area contributed by atoms with E-state index in [1.54, 1.807) is 30.3 Å². The van der Waals surface area contributed by atoms with Gasteiger partial charge < -0.3 is 15.3 Å². The number of benzene rings is 3. The molecule has 3 aromatic rings. The predicted octanol–water partition coefficient (Wildman–Crippen LogP) is 3.00. The van der Waals surface area contributed by atoms with Crippen LogP contribution in [0.4, 0.5) is 0 Å². The third-order valence-corrected chi connectivity index (χ3v) is 6.29. The molecule has 148 valence electrons. The fourth-order valence-electron chi connectivity index (χ4n) is 3.04. The Bertz CT molecular complexity index is 1180. The van der Waals surface area contributed by atoms with Crippen molar-refractivity contribution in [1.29, 1.82) is 0 Å². The number of sulfone groups is 1. The molecular formula is C21H16O7S. The quantitative estimate of drug-likeness (QED) is 0.567. The van der Waals surface area contributed by atoms with Crippen LogP contribution < -0.4 is 0 Å². The largest absolute Gasteiger partial charge is 0.478 e. The average molecular weight is 412 g/mol. The molecule has 0 heterocycles. The summed E-state index contributed by atoms with van der Waals surface area (Å²) in [5.41, 5.74) is -0.847. The van der Waals surface area contributed by atoms with Gasteiger partial charge in [0, 0.05) is 5.56 Å². The highest BCUT2D eigenvalue weighted by atomic mass is 32.2. The third kappa shape index (κ3) is 3.75. The molecule has 3 aromatic carbocycles. The van der Waals surface area contributed by atoms with Gasteiger partial charge in [0.05, 0.1) is 20.9 Å². The van der Waals surface area contributed by atoms with Gasteiger partial charge in [-0.05, 0) is 23.8 Å². The first-order valence-electron chi connectivity index (χ1n) is 8.41. The van der Waals surface area contributed by atoms with E-state index in [2.05, 4.69) is 0 Å². The van der Waals surface area contributed by atoms with Crippen LogP contribution in [0.15, 0.2) is 82.6 Å². The monoisotopic (exact) mass is 412 g/mol. The van der Waals surface area contributed by atoms with Gasteiger partial charge in [-0.25, -0.2) is 18.0 Å². The van der Waals surface area contributed by atoms with Crippen LogP contribution in [0.25, 0.3) is 0 Å². The summed E-state index contributed by atoms with van der Waals surface area (Å²) < 4.78 is 26.8. The molecule has 0 saturated carbocycles. The van der Waals surface area contributed by atoms with Gasteiger partial charge in [-0.1, -0.05) is 54.6 Å². The Morgan fingerprint density at radius 2 is 1.28 bits per heavy atom. The topological polar surface area (TPSA) is 129 Å². The van der Waals surface area contributed by atoms with Crippen LogP contribution in [0.1, 0.15) is 37.9 Å². The standard InChI is InChI=1S/C21H16O7S/c22-18(13-7-2-1-3-8-13)15-10-6-11-16(21(25)26)19(15)29(27,28)17-12-5-4-9-14(17)20(23)24/h1-12,18,22H,(H,23,24)(H,25,26). The number of aliphatic hydroxyl groups is 1. The average Bonchev–Trinajstić information content (AvgIpc) is 2.73. The zero-order valence-corrected chi connectivity index (χ0v) is 15.7. The lowest BCUT2D eigenvalue weighted by Crippen LogP contribution is -2.17. The number of carbonyl (C=O) groups is 2. The molecule has 0 bridgehead atoms. The second-order valence-electron chi connectivity index (χ2n) is 6.15. The Kier molecular flexibility index (Phi) is 5.49. The molecular weight excluding hydrogens is 396 g/mol. The van der Waals surface area contributed by atoms with Crippen LogP contribution in [0.5, 0.6) is 0 Å². The first kappa shape index (κ1) is 20.2. The first-order valence-corrected chi connectivity index (χ1v) is 9.90. The molecule has 0 aromatic heterocycles. The van der Waals surface area contributed by atoms with E-state index in [4.69, 9.17) is 0 Å². The third-order valence-electron chi connectivity index (χ3n) is 4.36. The zero-order chi connectivity index (χ0) is 21.2. The van der Waals surface area contributed by atoms with Gasteiger partial charge >= 0.3 is 11.9 Å². The van der Waals surface area contributed by atoms with E-state index in [9.17, 15) is 33.3 Å². The van der Waals surface area contributed by atoms with Gasteiger partial charge in [-0.2, -0.15) is 0 Å².